The number of halogens is 1. The monoisotopic (exact) mass is 374 g/mol. The second kappa shape index (κ2) is 7.85. The fourth-order valence-electron chi connectivity index (χ4n) is 2.76. The van der Waals surface area contributed by atoms with Gasteiger partial charge in [0.1, 0.15) is 17.2 Å². The van der Waals surface area contributed by atoms with Crippen LogP contribution < -0.4 is 20.7 Å². The summed E-state index contributed by atoms with van der Waals surface area (Å²) >= 11 is 0. The van der Waals surface area contributed by atoms with Crippen LogP contribution in [0.15, 0.2) is 30.6 Å². The summed E-state index contributed by atoms with van der Waals surface area (Å²) in [5.74, 6) is -0.320. The molecule has 2 aromatic heterocycles. The minimum Gasteiger partial charge on any atom is -0.480 e. The molecule has 0 aromatic carbocycles. The lowest BCUT2D eigenvalue weighted by molar-refractivity contribution is 0.0996. The first-order valence-electron chi connectivity index (χ1n) is 8.24. The lowest BCUT2D eigenvalue weighted by Gasteiger charge is -2.35. The molecule has 0 radical (unpaired) electrons. The number of aromatic nitrogens is 2. The van der Waals surface area contributed by atoms with E-state index in [1.807, 2.05) is 4.90 Å². The number of urea groups is 1. The van der Waals surface area contributed by atoms with Crippen molar-refractivity contribution in [3.05, 3.63) is 42.0 Å². The highest BCUT2D eigenvalue weighted by Gasteiger charge is 2.22. The Bertz CT molecular complexity index is 837. The predicted octanol–water partition coefficient (Wildman–Crippen LogP) is 1.08. The molecular weight excluding hydrogens is 355 g/mol. The number of nitrogens with two attached hydrogens (primary N) is 1. The van der Waals surface area contributed by atoms with E-state index in [-0.39, 0.29) is 23.3 Å². The molecule has 0 aliphatic carbocycles. The van der Waals surface area contributed by atoms with Crippen molar-refractivity contribution in [3.8, 4) is 5.88 Å². The average molecular weight is 374 g/mol. The number of ether oxygens (including phenoxy) is 1. The van der Waals surface area contributed by atoms with Gasteiger partial charge >= 0.3 is 6.03 Å². The summed E-state index contributed by atoms with van der Waals surface area (Å²) in [6, 6.07) is 4.07. The van der Waals surface area contributed by atoms with Gasteiger partial charge in [0.25, 0.3) is 5.91 Å². The number of carbonyl (C=O) groups excluding carboxylic acids is 2. The number of nitrogens with zero attached hydrogens (tertiary/aromatic N) is 4. The van der Waals surface area contributed by atoms with Crippen molar-refractivity contribution < 1.29 is 18.7 Å². The first-order chi connectivity index (χ1) is 13.0. The molecule has 10 heteroatoms. The Morgan fingerprint density at radius 1 is 1.19 bits per heavy atom. The summed E-state index contributed by atoms with van der Waals surface area (Å²) < 4.78 is 17.9. The van der Waals surface area contributed by atoms with Gasteiger partial charge in [-0.3, -0.25) is 4.79 Å². The zero-order valence-electron chi connectivity index (χ0n) is 14.7. The quantitative estimate of drug-likeness (QED) is 0.828. The number of hydrogen-bond acceptors (Lipinski definition) is 6. The van der Waals surface area contributed by atoms with Crippen molar-refractivity contribution in [1.82, 2.24) is 14.9 Å². The van der Waals surface area contributed by atoms with E-state index >= 15 is 0 Å². The van der Waals surface area contributed by atoms with Crippen LogP contribution in [0.1, 0.15) is 10.4 Å². The van der Waals surface area contributed by atoms with Crippen molar-refractivity contribution in [3.63, 3.8) is 0 Å². The van der Waals surface area contributed by atoms with Gasteiger partial charge in [-0.05, 0) is 18.2 Å². The number of carbonyl (C=O) groups is 2. The topological polar surface area (TPSA) is 114 Å². The molecule has 27 heavy (non-hydrogen) atoms. The third kappa shape index (κ3) is 4.22. The van der Waals surface area contributed by atoms with Gasteiger partial charge in [-0.25, -0.2) is 19.2 Å². The second-order valence-electron chi connectivity index (χ2n) is 5.88. The van der Waals surface area contributed by atoms with E-state index in [2.05, 4.69) is 15.3 Å². The maximum atomic E-state index is 13.0. The van der Waals surface area contributed by atoms with E-state index in [1.54, 1.807) is 11.0 Å². The van der Waals surface area contributed by atoms with Gasteiger partial charge in [0, 0.05) is 26.2 Å². The molecule has 2 aromatic rings. The first-order valence-corrected chi connectivity index (χ1v) is 8.24. The van der Waals surface area contributed by atoms with E-state index in [9.17, 15) is 14.0 Å². The van der Waals surface area contributed by atoms with E-state index in [0.717, 1.165) is 0 Å². The van der Waals surface area contributed by atoms with Crippen molar-refractivity contribution in [2.75, 3.05) is 43.5 Å². The summed E-state index contributed by atoms with van der Waals surface area (Å²) in [6.45, 7) is 2.08. The molecule has 3 rings (SSSR count). The number of anilines is 2. The second-order valence-corrected chi connectivity index (χ2v) is 5.88. The zero-order valence-corrected chi connectivity index (χ0v) is 14.7. The van der Waals surface area contributed by atoms with Gasteiger partial charge < -0.3 is 25.6 Å². The Morgan fingerprint density at radius 2 is 1.93 bits per heavy atom. The summed E-state index contributed by atoms with van der Waals surface area (Å²) in [6.07, 6.45) is 2.56. The summed E-state index contributed by atoms with van der Waals surface area (Å²) in [4.78, 5) is 35.5. The van der Waals surface area contributed by atoms with Crippen LogP contribution in [-0.4, -0.2) is 60.1 Å². The molecule has 142 valence electrons. The van der Waals surface area contributed by atoms with Crippen LogP contribution in [0.3, 0.4) is 0 Å². The standard InChI is InChI=1S/C17H19FN6O3/c1-27-16-13(15(19)25)8-12(10-21-16)22-17(26)24-6-4-23(5-7-24)14-3-2-11(18)9-20-14/h2-3,8-10H,4-7H2,1H3,(H2,19,25)(H,22,26). The molecule has 0 bridgehead atoms. The number of amides is 3. The number of primary amides is 1. The third-order valence-electron chi connectivity index (χ3n) is 4.16. The Morgan fingerprint density at radius 3 is 2.52 bits per heavy atom. The molecule has 0 unspecified atom stereocenters. The Balaban J connectivity index is 1.60. The molecule has 1 aliphatic rings. The number of rotatable bonds is 4. The predicted molar refractivity (Wildman–Crippen MR) is 96.3 cm³/mol. The molecule has 1 aliphatic heterocycles. The number of nitrogens with one attached hydrogen (secondary N) is 1. The molecule has 3 N–H and O–H groups in total. The molecule has 0 spiro atoms. The number of hydrogen-bond donors (Lipinski definition) is 2. The van der Waals surface area contributed by atoms with Crippen LogP contribution in [0, 0.1) is 5.82 Å². The number of pyridine rings is 2. The Kier molecular flexibility index (Phi) is 5.34. The Labute approximate surface area is 154 Å². The third-order valence-corrected chi connectivity index (χ3v) is 4.16. The number of piperazine rings is 1. The maximum Gasteiger partial charge on any atom is 0.322 e. The highest BCUT2D eigenvalue weighted by molar-refractivity contribution is 5.97. The fraction of sp³-hybridized carbons (Fsp3) is 0.294. The zero-order chi connectivity index (χ0) is 19.4. The van der Waals surface area contributed by atoms with Gasteiger partial charge in [-0.15, -0.1) is 0 Å². The van der Waals surface area contributed by atoms with Crippen molar-refractivity contribution in [1.29, 1.82) is 0 Å². The molecular formula is C17H19FN6O3. The fourth-order valence-corrected chi connectivity index (χ4v) is 2.76. The molecule has 0 saturated carbocycles. The van der Waals surface area contributed by atoms with Crippen molar-refractivity contribution >= 4 is 23.4 Å². The van der Waals surface area contributed by atoms with E-state index < -0.39 is 5.91 Å². The van der Waals surface area contributed by atoms with Crippen molar-refractivity contribution in [2.24, 2.45) is 5.73 Å². The molecule has 1 saturated heterocycles. The first kappa shape index (κ1) is 18.4. The molecule has 9 nitrogen and oxygen atoms in total. The molecule has 3 amide bonds. The summed E-state index contributed by atoms with van der Waals surface area (Å²) in [5.41, 5.74) is 5.73. The SMILES string of the molecule is COc1ncc(NC(=O)N2CCN(c3ccc(F)cn3)CC2)cc1C(N)=O. The lowest BCUT2D eigenvalue weighted by atomic mass is 10.2. The van der Waals surface area contributed by atoms with Crippen LogP contribution in [0.2, 0.25) is 0 Å². The van der Waals surface area contributed by atoms with Crippen LogP contribution in [0.5, 0.6) is 5.88 Å². The van der Waals surface area contributed by atoms with Gasteiger partial charge in [-0.2, -0.15) is 0 Å². The van der Waals surface area contributed by atoms with Crippen LogP contribution >= 0.6 is 0 Å². The highest BCUT2D eigenvalue weighted by atomic mass is 19.1. The van der Waals surface area contributed by atoms with Gasteiger partial charge in [0.2, 0.25) is 5.88 Å². The Hall–Kier alpha value is -3.43. The van der Waals surface area contributed by atoms with Crippen LogP contribution in [0.4, 0.5) is 20.7 Å². The van der Waals surface area contributed by atoms with Gasteiger partial charge in [0.15, 0.2) is 0 Å². The number of methoxy groups -OCH3 is 1. The molecule has 0 atom stereocenters. The molecule has 3 heterocycles. The van der Waals surface area contributed by atoms with E-state index in [0.29, 0.717) is 37.7 Å². The van der Waals surface area contributed by atoms with Crippen LogP contribution in [-0.2, 0) is 0 Å². The minimum atomic E-state index is -0.698. The van der Waals surface area contributed by atoms with E-state index in [4.69, 9.17) is 10.5 Å². The normalized spacial score (nSPS) is 14.0. The average Bonchev–Trinajstić information content (AvgIpc) is 2.68. The van der Waals surface area contributed by atoms with Gasteiger partial charge in [-0.1, -0.05) is 0 Å². The minimum absolute atomic E-state index is 0.0857. The van der Waals surface area contributed by atoms with E-state index in [1.165, 1.54) is 31.6 Å². The summed E-state index contributed by atoms with van der Waals surface area (Å²) in [7, 11) is 1.38. The highest BCUT2D eigenvalue weighted by Crippen LogP contribution is 2.19. The van der Waals surface area contributed by atoms with Crippen molar-refractivity contribution in [2.45, 2.75) is 0 Å². The summed E-state index contributed by atoms with van der Waals surface area (Å²) in [5, 5.41) is 2.70. The molecule has 1 fully saturated rings. The van der Waals surface area contributed by atoms with Gasteiger partial charge in [0.05, 0.1) is 25.2 Å². The van der Waals surface area contributed by atoms with Crippen LogP contribution in [0.25, 0.3) is 0 Å². The largest absolute Gasteiger partial charge is 0.480 e. The maximum absolute atomic E-state index is 13.0. The lowest BCUT2D eigenvalue weighted by Crippen LogP contribution is -2.50. The smallest absolute Gasteiger partial charge is 0.322 e.